The molecule has 1 amide bonds. The predicted octanol–water partition coefficient (Wildman–Crippen LogP) is 5.69. The molecule has 4 heterocycles. The minimum Gasteiger partial charge on any atom is -0.491 e. The molecular weight excluding hydrogens is 542 g/mol. The lowest BCUT2D eigenvalue weighted by Gasteiger charge is -2.18. The van der Waals surface area contributed by atoms with Gasteiger partial charge in [-0.1, -0.05) is 31.5 Å². The Hall–Kier alpha value is -4.41. The maximum atomic E-state index is 13.6. The van der Waals surface area contributed by atoms with E-state index in [1.54, 1.807) is 30.0 Å². The number of anilines is 2. The average Bonchev–Trinajstić information content (AvgIpc) is 3.72. The normalized spacial score (nSPS) is 12.8. The number of halogens is 1. The standard InChI is InChI=1S/C30H30ClN7O3/c1-18(2)27-28(30(39)34-23-6-8-24(9-7-23)41-11-10-40-3)36-38-25(21-14-32-33-15-21)13-26(35-29(27)38)37-16-19-4-5-22(31)12-20(19)17-37/h4-9,12-15,18H,10-11,16-17H2,1-3H3,(H,32,33)(H,34,39). The van der Waals surface area contributed by atoms with Crippen molar-refractivity contribution in [1.82, 2.24) is 24.8 Å². The molecule has 0 fully saturated rings. The van der Waals surface area contributed by atoms with Crippen molar-refractivity contribution in [2.45, 2.75) is 32.9 Å². The Morgan fingerprint density at radius 1 is 1.10 bits per heavy atom. The van der Waals surface area contributed by atoms with E-state index >= 15 is 0 Å². The summed E-state index contributed by atoms with van der Waals surface area (Å²) in [5.74, 6) is 1.16. The molecule has 1 aliphatic heterocycles. The molecule has 41 heavy (non-hydrogen) atoms. The molecule has 0 unspecified atom stereocenters. The first kappa shape index (κ1) is 26.8. The van der Waals surface area contributed by atoms with Gasteiger partial charge in [-0.15, -0.1) is 0 Å². The molecule has 2 N–H and O–H groups in total. The number of H-pyrrole nitrogens is 1. The zero-order chi connectivity index (χ0) is 28.5. The molecule has 0 bridgehead atoms. The summed E-state index contributed by atoms with van der Waals surface area (Å²) >= 11 is 6.26. The first-order chi connectivity index (χ1) is 19.9. The van der Waals surface area contributed by atoms with Gasteiger partial charge in [0.2, 0.25) is 0 Å². The number of aromatic nitrogens is 5. The summed E-state index contributed by atoms with van der Waals surface area (Å²) in [6.07, 6.45) is 3.55. The van der Waals surface area contributed by atoms with Crippen LogP contribution in [0.3, 0.4) is 0 Å². The molecule has 0 atom stereocenters. The highest BCUT2D eigenvalue weighted by atomic mass is 35.5. The second kappa shape index (κ2) is 11.2. The summed E-state index contributed by atoms with van der Waals surface area (Å²) in [5.41, 5.74) is 6.39. The van der Waals surface area contributed by atoms with Crippen molar-refractivity contribution in [2.24, 2.45) is 0 Å². The van der Waals surface area contributed by atoms with Crippen LogP contribution in [0, 0.1) is 0 Å². The number of nitrogens with one attached hydrogen (secondary N) is 2. The van der Waals surface area contributed by atoms with Gasteiger partial charge in [0.15, 0.2) is 11.3 Å². The average molecular weight is 572 g/mol. The molecule has 210 valence electrons. The lowest BCUT2D eigenvalue weighted by atomic mass is 10.0. The molecule has 1 aliphatic rings. The van der Waals surface area contributed by atoms with Gasteiger partial charge in [-0.05, 0) is 53.4 Å². The van der Waals surface area contributed by atoms with Gasteiger partial charge in [0.05, 0.1) is 18.5 Å². The van der Waals surface area contributed by atoms with Crippen LogP contribution in [0.4, 0.5) is 11.5 Å². The SMILES string of the molecule is COCCOc1ccc(NC(=O)c2nn3c(-c4cn[nH]c4)cc(N4Cc5ccc(Cl)cc5C4)nc3c2C(C)C)cc1. The minimum atomic E-state index is -0.310. The van der Waals surface area contributed by atoms with Gasteiger partial charge in [-0.25, -0.2) is 9.50 Å². The van der Waals surface area contributed by atoms with Crippen LogP contribution in [-0.4, -0.2) is 51.0 Å². The van der Waals surface area contributed by atoms with Gasteiger partial charge in [-0.3, -0.25) is 9.89 Å². The van der Waals surface area contributed by atoms with Crippen molar-refractivity contribution in [2.75, 3.05) is 30.5 Å². The van der Waals surface area contributed by atoms with Crippen molar-refractivity contribution in [3.05, 3.63) is 88.3 Å². The summed E-state index contributed by atoms with van der Waals surface area (Å²) in [6, 6.07) is 15.2. The van der Waals surface area contributed by atoms with E-state index in [0.717, 1.165) is 27.7 Å². The number of amides is 1. The number of methoxy groups -OCH3 is 1. The molecular formula is C30H30ClN7O3. The van der Waals surface area contributed by atoms with E-state index in [0.29, 0.717) is 49.1 Å². The lowest BCUT2D eigenvalue weighted by molar-refractivity contribution is 0.102. The van der Waals surface area contributed by atoms with Crippen molar-refractivity contribution in [1.29, 1.82) is 0 Å². The predicted molar refractivity (Wildman–Crippen MR) is 158 cm³/mol. The maximum Gasteiger partial charge on any atom is 0.276 e. The van der Waals surface area contributed by atoms with Crippen LogP contribution in [0.25, 0.3) is 16.9 Å². The molecule has 6 rings (SSSR count). The zero-order valence-electron chi connectivity index (χ0n) is 23.0. The number of aromatic amines is 1. The molecule has 0 spiro atoms. The van der Waals surface area contributed by atoms with E-state index in [9.17, 15) is 4.79 Å². The molecule has 0 aliphatic carbocycles. The van der Waals surface area contributed by atoms with Crippen LogP contribution in [0.5, 0.6) is 5.75 Å². The summed E-state index contributed by atoms with van der Waals surface area (Å²) in [4.78, 5) is 20.9. The molecule has 0 radical (unpaired) electrons. The number of hydrogen-bond acceptors (Lipinski definition) is 7. The number of nitrogens with zero attached hydrogens (tertiary/aromatic N) is 5. The summed E-state index contributed by atoms with van der Waals surface area (Å²) in [7, 11) is 1.63. The number of carbonyl (C=O) groups is 1. The Bertz CT molecular complexity index is 1700. The van der Waals surface area contributed by atoms with Crippen molar-refractivity contribution >= 4 is 34.7 Å². The van der Waals surface area contributed by atoms with Gasteiger partial charge in [0.25, 0.3) is 5.91 Å². The fourth-order valence-electron chi connectivity index (χ4n) is 5.07. The summed E-state index contributed by atoms with van der Waals surface area (Å²) < 4.78 is 12.4. The first-order valence-electron chi connectivity index (χ1n) is 13.4. The molecule has 3 aromatic heterocycles. The van der Waals surface area contributed by atoms with Gasteiger partial charge in [0, 0.05) is 54.3 Å². The van der Waals surface area contributed by atoms with Crippen LogP contribution in [0.2, 0.25) is 5.02 Å². The van der Waals surface area contributed by atoms with Gasteiger partial charge in [0.1, 0.15) is 18.2 Å². The Labute approximate surface area is 242 Å². The minimum absolute atomic E-state index is 0.0145. The number of benzene rings is 2. The molecule has 0 saturated heterocycles. The lowest BCUT2D eigenvalue weighted by Crippen LogP contribution is -2.17. The van der Waals surface area contributed by atoms with Gasteiger partial charge < -0.3 is 19.7 Å². The smallest absolute Gasteiger partial charge is 0.276 e. The van der Waals surface area contributed by atoms with E-state index in [1.807, 2.05) is 50.4 Å². The third-order valence-electron chi connectivity index (χ3n) is 7.08. The van der Waals surface area contributed by atoms with Crippen molar-refractivity contribution < 1.29 is 14.3 Å². The molecule has 0 saturated carbocycles. The number of fused-ring (bicyclic) bond motifs is 2. The number of hydrogen-bond donors (Lipinski definition) is 2. The zero-order valence-corrected chi connectivity index (χ0v) is 23.8. The fraction of sp³-hybridized carbons (Fsp3) is 0.267. The van der Waals surface area contributed by atoms with E-state index in [1.165, 1.54) is 11.1 Å². The number of carbonyl (C=O) groups excluding carboxylic acids is 1. The second-order valence-electron chi connectivity index (χ2n) is 10.2. The van der Waals surface area contributed by atoms with Gasteiger partial charge in [-0.2, -0.15) is 10.2 Å². The van der Waals surface area contributed by atoms with Crippen LogP contribution < -0.4 is 15.0 Å². The van der Waals surface area contributed by atoms with Crippen molar-refractivity contribution in [3.63, 3.8) is 0 Å². The van der Waals surface area contributed by atoms with E-state index < -0.39 is 0 Å². The Morgan fingerprint density at radius 2 is 1.90 bits per heavy atom. The Kier molecular flexibility index (Phi) is 7.34. The highest BCUT2D eigenvalue weighted by Gasteiger charge is 2.28. The summed E-state index contributed by atoms with van der Waals surface area (Å²) in [5, 5.41) is 15.5. The fourth-order valence-corrected chi connectivity index (χ4v) is 5.27. The third kappa shape index (κ3) is 5.36. The second-order valence-corrected chi connectivity index (χ2v) is 10.7. The van der Waals surface area contributed by atoms with Crippen LogP contribution >= 0.6 is 11.6 Å². The molecule has 11 heteroatoms. The van der Waals surface area contributed by atoms with Crippen LogP contribution in [0.15, 0.2) is 60.9 Å². The quantitative estimate of drug-likeness (QED) is 0.219. The number of ether oxygens (including phenoxy) is 2. The Morgan fingerprint density at radius 3 is 2.63 bits per heavy atom. The monoisotopic (exact) mass is 571 g/mol. The highest BCUT2D eigenvalue weighted by Crippen LogP contribution is 2.34. The summed E-state index contributed by atoms with van der Waals surface area (Å²) in [6.45, 7) is 6.43. The largest absolute Gasteiger partial charge is 0.491 e. The Balaban J connectivity index is 1.37. The van der Waals surface area contributed by atoms with Crippen LogP contribution in [0.1, 0.15) is 46.9 Å². The molecule has 5 aromatic rings. The van der Waals surface area contributed by atoms with Gasteiger partial charge >= 0.3 is 0 Å². The third-order valence-corrected chi connectivity index (χ3v) is 7.32. The van der Waals surface area contributed by atoms with Crippen molar-refractivity contribution in [3.8, 4) is 17.0 Å². The first-order valence-corrected chi connectivity index (χ1v) is 13.8. The topological polar surface area (TPSA) is 110 Å². The van der Waals surface area contributed by atoms with E-state index in [4.69, 9.17) is 31.2 Å². The van der Waals surface area contributed by atoms with E-state index in [2.05, 4.69) is 26.5 Å². The maximum absolute atomic E-state index is 13.6. The highest BCUT2D eigenvalue weighted by molar-refractivity contribution is 6.30. The molecule has 10 nitrogen and oxygen atoms in total. The van der Waals surface area contributed by atoms with Crippen LogP contribution in [-0.2, 0) is 17.8 Å². The number of rotatable bonds is 9. The van der Waals surface area contributed by atoms with E-state index in [-0.39, 0.29) is 11.8 Å². The molecule has 2 aromatic carbocycles.